The van der Waals surface area contributed by atoms with E-state index >= 15 is 0 Å². The molecular weight excluding hydrogens is 736 g/mol. The van der Waals surface area contributed by atoms with Crippen molar-refractivity contribution in [2.45, 2.75) is 75.5 Å². The van der Waals surface area contributed by atoms with Crippen LogP contribution in [0.3, 0.4) is 0 Å². The van der Waals surface area contributed by atoms with Gasteiger partial charge in [0.2, 0.25) is 53.2 Å². The molecule has 1 aromatic carbocycles. The lowest BCUT2D eigenvalue weighted by Gasteiger charge is -2.28. The van der Waals surface area contributed by atoms with Crippen LogP contribution in [0.4, 0.5) is 0 Å². The Labute approximate surface area is 322 Å². The van der Waals surface area contributed by atoms with Crippen LogP contribution in [-0.4, -0.2) is 133 Å². The lowest BCUT2D eigenvalue weighted by atomic mass is 10.1. The van der Waals surface area contributed by atoms with Crippen LogP contribution in [0.1, 0.15) is 50.5 Å². The number of nitrogens with two attached hydrogens (primary N) is 4. The predicted octanol–water partition coefficient (Wildman–Crippen LogP) is -5.79. The molecule has 1 aromatic rings. The average Bonchev–Trinajstić information content (AvgIpc) is 3.14. The van der Waals surface area contributed by atoms with Crippen molar-refractivity contribution in [3.8, 4) is 0 Å². The molecule has 1 aliphatic heterocycles. The largest absolute Gasteiger partial charge is 0.394 e. The number of hydrogen-bond acceptors (Lipinski definition) is 11. The molecule has 0 unspecified atom stereocenters. The van der Waals surface area contributed by atoms with E-state index in [1.807, 2.05) is 0 Å². The number of rotatable bonds is 14. The van der Waals surface area contributed by atoms with Crippen LogP contribution in [0.5, 0.6) is 0 Å². The summed E-state index contributed by atoms with van der Waals surface area (Å²) in [7, 11) is 0. The van der Waals surface area contributed by atoms with Gasteiger partial charge in [-0.25, -0.2) is 0 Å². The molecule has 22 heteroatoms. The summed E-state index contributed by atoms with van der Waals surface area (Å²) < 4.78 is 0. The molecule has 0 radical (unpaired) electrons. The third kappa shape index (κ3) is 17.7. The summed E-state index contributed by atoms with van der Waals surface area (Å²) in [5.74, 6) is -7.32. The molecule has 4 atom stereocenters. The number of primary amides is 2. The highest BCUT2D eigenvalue weighted by atomic mass is 16.3. The summed E-state index contributed by atoms with van der Waals surface area (Å²) in [6, 6.07) is 3.42. The Balaban J connectivity index is 2.37. The summed E-state index contributed by atoms with van der Waals surface area (Å²) in [6.45, 7) is -2.90. The number of aliphatic hydroxyl groups excluding tert-OH is 1. The maximum Gasteiger partial charge on any atom is 0.248 e. The number of amides is 9. The second kappa shape index (κ2) is 24.2. The number of aliphatic imine (C=N–C) groups is 1. The monoisotopic (exact) mass is 788 g/mol. The van der Waals surface area contributed by atoms with Crippen LogP contribution in [0.2, 0.25) is 0 Å². The van der Waals surface area contributed by atoms with Gasteiger partial charge in [-0.1, -0.05) is 30.3 Å². The summed E-state index contributed by atoms with van der Waals surface area (Å²) in [6.07, 6.45) is -0.539. The molecule has 1 fully saturated rings. The summed E-state index contributed by atoms with van der Waals surface area (Å²) in [4.78, 5) is 120. The maximum atomic E-state index is 13.7. The van der Waals surface area contributed by atoms with Crippen molar-refractivity contribution >= 4 is 59.1 Å². The summed E-state index contributed by atoms with van der Waals surface area (Å²) in [5.41, 5.74) is 22.2. The number of nitrogens with one attached hydrogen (secondary N) is 6. The van der Waals surface area contributed by atoms with E-state index < -0.39 is 97.0 Å². The quantitative estimate of drug-likeness (QED) is 0.0477. The Kier molecular flexibility index (Phi) is 19.8. The lowest BCUT2D eigenvalue weighted by Crippen LogP contribution is -2.57. The minimum atomic E-state index is -1.65. The molecule has 0 aliphatic carbocycles. The molecule has 1 heterocycles. The zero-order chi connectivity index (χ0) is 41.6. The fraction of sp³-hybridized carbons (Fsp3) is 0.529. The number of hydrogen-bond donors (Lipinski definition) is 11. The lowest BCUT2D eigenvalue weighted by molar-refractivity contribution is -0.141. The van der Waals surface area contributed by atoms with Gasteiger partial charge in [0.15, 0.2) is 5.96 Å². The molecule has 9 amide bonds. The Morgan fingerprint density at radius 3 is 2.04 bits per heavy atom. The van der Waals surface area contributed by atoms with E-state index in [2.05, 4.69) is 36.9 Å². The fourth-order valence-corrected chi connectivity index (χ4v) is 5.40. The highest BCUT2D eigenvalue weighted by molar-refractivity contribution is 5.95. The standard InChI is InChI=1S/C34H52N12O10/c35-25(48)12-11-22-32(55)41-17-28(51)45-24(19-47)33(56)46(18-29(52)44-23(30(36)53)16-20-6-2-1-3-7-20)15-14-39-31(54)21(8-5-13-40-34(37)38)42-26(49)9-4-10-27(50)43-22/h1-3,6-7,21-24,47H,4-5,8-19H2,(H2,35,48)(H2,36,53)(H,39,54)(H,41,55)(H,42,49)(H,43,50)(H,44,52)(H,45,51)(H4,37,38,40)/t21-,22-,23-,24-/m0/s1. The highest BCUT2D eigenvalue weighted by Gasteiger charge is 2.30. The average molecular weight is 789 g/mol. The molecule has 0 spiro atoms. The van der Waals surface area contributed by atoms with Crippen molar-refractivity contribution in [3.63, 3.8) is 0 Å². The van der Waals surface area contributed by atoms with Crippen LogP contribution in [0.25, 0.3) is 0 Å². The number of aliphatic hydroxyl groups is 1. The van der Waals surface area contributed by atoms with Crippen LogP contribution >= 0.6 is 0 Å². The highest BCUT2D eigenvalue weighted by Crippen LogP contribution is 2.06. The van der Waals surface area contributed by atoms with Crippen molar-refractivity contribution in [1.82, 2.24) is 36.8 Å². The minimum Gasteiger partial charge on any atom is -0.394 e. The van der Waals surface area contributed by atoms with E-state index in [0.717, 1.165) is 4.90 Å². The number of guanidine groups is 1. The number of carbonyl (C=O) groups excluding carboxylic acids is 9. The molecule has 308 valence electrons. The third-order valence-corrected chi connectivity index (χ3v) is 8.26. The molecule has 0 bridgehead atoms. The topological polar surface area (TPSA) is 366 Å². The van der Waals surface area contributed by atoms with Gasteiger partial charge in [-0.05, 0) is 31.2 Å². The molecular formula is C34H52N12O10. The van der Waals surface area contributed by atoms with E-state index in [4.69, 9.17) is 22.9 Å². The Morgan fingerprint density at radius 2 is 1.45 bits per heavy atom. The van der Waals surface area contributed by atoms with Gasteiger partial charge >= 0.3 is 0 Å². The maximum absolute atomic E-state index is 13.7. The van der Waals surface area contributed by atoms with Gasteiger partial charge < -0.3 is 64.8 Å². The first kappa shape index (κ1) is 45.8. The van der Waals surface area contributed by atoms with E-state index in [9.17, 15) is 48.3 Å². The van der Waals surface area contributed by atoms with Crippen LogP contribution < -0.4 is 54.8 Å². The van der Waals surface area contributed by atoms with E-state index in [1.54, 1.807) is 30.3 Å². The zero-order valence-electron chi connectivity index (χ0n) is 30.9. The van der Waals surface area contributed by atoms with Crippen molar-refractivity contribution in [3.05, 3.63) is 35.9 Å². The van der Waals surface area contributed by atoms with E-state index in [0.29, 0.717) is 5.56 Å². The van der Waals surface area contributed by atoms with Gasteiger partial charge in [-0.2, -0.15) is 0 Å². The number of nitrogens with zero attached hydrogens (tertiary/aromatic N) is 2. The SMILES string of the molecule is NC(=O)CC[C@@H]1NC(=O)CCCC(=O)N[C@@H](CCCN=C(N)N)C(=O)NCCN(CC(=O)N[C@@H](Cc2ccccc2)C(N)=O)C(=O)[C@H](CO)NC(=O)CNC1=O. The van der Waals surface area contributed by atoms with Crippen LogP contribution in [-0.2, 0) is 49.6 Å². The smallest absolute Gasteiger partial charge is 0.248 e. The first-order chi connectivity index (χ1) is 26.6. The normalized spacial score (nSPS) is 20.1. The van der Waals surface area contributed by atoms with Gasteiger partial charge in [-0.15, -0.1) is 0 Å². The second-order valence-corrected chi connectivity index (χ2v) is 12.8. The van der Waals surface area contributed by atoms with Crippen molar-refractivity contribution in [2.24, 2.45) is 27.9 Å². The summed E-state index contributed by atoms with van der Waals surface area (Å²) in [5, 5.41) is 24.8. The van der Waals surface area contributed by atoms with Gasteiger partial charge in [0.1, 0.15) is 24.2 Å². The van der Waals surface area contributed by atoms with Crippen molar-refractivity contribution in [2.75, 3.05) is 39.3 Å². The molecule has 22 nitrogen and oxygen atoms in total. The predicted molar refractivity (Wildman–Crippen MR) is 199 cm³/mol. The van der Waals surface area contributed by atoms with Crippen molar-refractivity contribution in [1.29, 1.82) is 0 Å². The first-order valence-electron chi connectivity index (χ1n) is 17.9. The molecule has 15 N–H and O–H groups in total. The Morgan fingerprint density at radius 1 is 0.839 bits per heavy atom. The van der Waals surface area contributed by atoms with Crippen LogP contribution in [0.15, 0.2) is 35.3 Å². The third-order valence-electron chi connectivity index (χ3n) is 8.26. The second-order valence-electron chi connectivity index (χ2n) is 12.8. The van der Waals surface area contributed by atoms with Gasteiger partial charge in [0, 0.05) is 45.3 Å². The number of carbonyl (C=O) groups is 9. The van der Waals surface area contributed by atoms with Gasteiger partial charge in [0.25, 0.3) is 0 Å². The molecule has 56 heavy (non-hydrogen) atoms. The molecule has 1 saturated heterocycles. The number of benzene rings is 1. The Hall–Kier alpha value is -6.32. The fourth-order valence-electron chi connectivity index (χ4n) is 5.40. The molecule has 1 aliphatic rings. The van der Waals surface area contributed by atoms with E-state index in [1.165, 1.54) is 0 Å². The molecule has 2 rings (SSSR count). The van der Waals surface area contributed by atoms with Crippen molar-refractivity contribution < 1.29 is 48.3 Å². The van der Waals surface area contributed by atoms with E-state index in [-0.39, 0.29) is 77.0 Å². The van der Waals surface area contributed by atoms with Gasteiger partial charge in [-0.3, -0.25) is 48.1 Å². The molecule has 0 saturated carbocycles. The minimum absolute atomic E-state index is 0.0101. The van der Waals surface area contributed by atoms with Crippen LogP contribution in [0, 0.1) is 0 Å². The molecule has 0 aromatic heterocycles. The zero-order valence-corrected chi connectivity index (χ0v) is 30.9. The Bertz CT molecular complexity index is 1590. The van der Waals surface area contributed by atoms with Gasteiger partial charge in [0.05, 0.1) is 19.7 Å². The summed E-state index contributed by atoms with van der Waals surface area (Å²) >= 11 is 0. The first-order valence-corrected chi connectivity index (χ1v) is 17.9.